The highest BCUT2D eigenvalue weighted by Gasteiger charge is 2.04. The number of aryl methyl sites for hydroxylation is 1. The Morgan fingerprint density at radius 3 is 2.86 bits per heavy atom. The smallest absolute Gasteiger partial charge is 0.0500 e. The number of nitrogens with two attached hydrogens (primary N) is 1. The van der Waals surface area contributed by atoms with Crippen LogP contribution in [0.1, 0.15) is 5.69 Å². The maximum Gasteiger partial charge on any atom is 0.0500 e. The van der Waals surface area contributed by atoms with E-state index in [1.54, 1.807) is 0 Å². The third kappa shape index (κ3) is 1.48. The van der Waals surface area contributed by atoms with Gasteiger partial charge < -0.3 is 10.3 Å². The third-order valence-electron chi connectivity index (χ3n) is 2.46. The van der Waals surface area contributed by atoms with Gasteiger partial charge in [0.05, 0.1) is 5.52 Å². The maximum absolute atomic E-state index is 5.76. The molecule has 0 unspecified atom stereocenters. The number of benzene rings is 1. The van der Waals surface area contributed by atoms with E-state index in [1.165, 1.54) is 16.6 Å². The normalized spacial score (nSPS) is 11.0. The molecule has 0 saturated heterocycles. The second kappa shape index (κ2) is 3.58. The van der Waals surface area contributed by atoms with E-state index in [1.807, 2.05) is 23.9 Å². The van der Waals surface area contributed by atoms with Crippen molar-refractivity contribution >= 4 is 28.4 Å². The largest absolute Gasteiger partial charge is 0.399 e. The molecule has 0 aliphatic heterocycles. The van der Waals surface area contributed by atoms with Gasteiger partial charge in [-0.25, -0.2) is 0 Å². The Balaban J connectivity index is 2.62. The molecule has 1 heterocycles. The van der Waals surface area contributed by atoms with Crippen molar-refractivity contribution in [2.24, 2.45) is 7.05 Å². The summed E-state index contributed by atoms with van der Waals surface area (Å²) in [6.45, 7) is 0. The highest BCUT2D eigenvalue weighted by molar-refractivity contribution is 7.97. The topological polar surface area (TPSA) is 30.9 Å². The Morgan fingerprint density at radius 1 is 1.36 bits per heavy atom. The highest BCUT2D eigenvalue weighted by atomic mass is 32.2. The lowest BCUT2D eigenvalue weighted by Gasteiger charge is -2.02. The minimum Gasteiger partial charge on any atom is -0.399 e. The Morgan fingerprint density at radius 2 is 2.14 bits per heavy atom. The first-order valence-corrected chi connectivity index (χ1v) is 5.94. The molecule has 0 radical (unpaired) electrons. The van der Waals surface area contributed by atoms with Gasteiger partial charge in [0.1, 0.15) is 0 Å². The van der Waals surface area contributed by atoms with Crippen molar-refractivity contribution in [3.63, 3.8) is 0 Å². The summed E-state index contributed by atoms with van der Waals surface area (Å²) in [7, 11) is 2.09. The van der Waals surface area contributed by atoms with Crippen LogP contribution in [0.2, 0.25) is 0 Å². The van der Waals surface area contributed by atoms with Crippen molar-refractivity contribution in [1.29, 1.82) is 0 Å². The Bertz CT molecular complexity index is 460. The van der Waals surface area contributed by atoms with Crippen LogP contribution in [-0.4, -0.2) is 10.8 Å². The van der Waals surface area contributed by atoms with E-state index in [2.05, 4.69) is 30.0 Å². The Kier molecular flexibility index (Phi) is 2.42. The number of rotatable bonds is 2. The van der Waals surface area contributed by atoms with Gasteiger partial charge in [-0.2, -0.15) is 11.8 Å². The molecule has 0 atom stereocenters. The van der Waals surface area contributed by atoms with Crippen LogP contribution in [0, 0.1) is 0 Å². The van der Waals surface area contributed by atoms with E-state index in [4.69, 9.17) is 5.73 Å². The maximum atomic E-state index is 5.76. The predicted octanol–water partition coefficient (Wildman–Crippen LogP) is 2.62. The summed E-state index contributed by atoms with van der Waals surface area (Å²) in [6.07, 6.45) is 2.12. The van der Waals surface area contributed by atoms with Crippen LogP contribution in [0.5, 0.6) is 0 Å². The Hall–Kier alpha value is -1.09. The third-order valence-corrected chi connectivity index (χ3v) is 3.05. The van der Waals surface area contributed by atoms with Gasteiger partial charge in [0.2, 0.25) is 0 Å². The fourth-order valence-electron chi connectivity index (χ4n) is 1.69. The molecular formula is C11H14N2S. The zero-order valence-corrected chi connectivity index (χ0v) is 9.27. The summed E-state index contributed by atoms with van der Waals surface area (Å²) < 4.78 is 2.21. The van der Waals surface area contributed by atoms with Crippen LogP contribution in [0.25, 0.3) is 10.9 Å². The first-order valence-electron chi connectivity index (χ1n) is 4.55. The van der Waals surface area contributed by atoms with E-state index in [-0.39, 0.29) is 0 Å². The average molecular weight is 206 g/mol. The minimum atomic E-state index is 0.828. The molecule has 14 heavy (non-hydrogen) atoms. The van der Waals surface area contributed by atoms with E-state index in [0.29, 0.717) is 0 Å². The molecule has 0 saturated carbocycles. The zero-order chi connectivity index (χ0) is 10.1. The van der Waals surface area contributed by atoms with Crippen LogP contribution in [0.4, 0.5) is 5.69 Å². The summed E-state index contributed by atoms with van der Waals surface area (Å²) in [5.74, 6) is 1.05. The second-order valence-corrected chi connectivity index (χ2v) is 4.31. The summed E-state index contributed by atoms with van der Waals surface area (Å²) in [5.41, 5.74) is 9.15. The van der Waals surface area contributed by atoms with E-state index < -0.39 is 0 Å². The number of nitrogens with zero attached hydrogens (tertiary/aromatic N) is 1. The molecule has 0 spiro atoms. The highest BCUT2D eigenvalue weighted by Crippen LogP contribution is 2.23. The number of aromatic nitrogens is 1. The van der Waals surface area contributed by atoms with Gasteiger partial charge in [0.15, 0.2) is 0 Å². The number of thioether (sulfide) groups is 1. The molecule has 0 aliphatic rings. The summed E-state index contributed by atoms with van der Waals surface area (Å²) in [6, 6.07) is 8.28. The quantitative estimate of drug-likeness (QED) is 0.766. The standard InChI is InChI=1S/C11H14N2S/c1-13-10(7-14-2)5-8-3-4-9(12)6-11(8)13/h3-6H,7,12H2,1-2H3. The summed E-state index contributed by atoms with van der Waals surface area (Å²) in [4.78, 5) is 0. The van der Waals surface area contributed by atoms with Gasteiger partial charge in [0, 0.05) is 29.6 Å². The van der Waals surface area contributed by atoms with Crippen molar-refractivity contribution in [3.8, 4) is 0 Å². The zero-order valence-electron chi connectivity index (χ0n) is 8.45. The van der Waals surface area contributed by atoms with Gasteiger partial charge in [0.25, 0.3) is 0 Å². The molecule has 3 heteroatoms. The fraction of sp³-hybridized carbons (Fsp3) is 0.273. The van der Waals surface area contributed by atoms with E-state index in [9.17, 15) is 0 Å². The van der Waals surface area contributed by atoms with Gasteiger partial charge in [-0.3, -0.25) is 0 Å². The number of hydrogen-bond donors (Lipinski definition) is 1. The predicted molar refractivity (Wildman–Crippen MR) is 64.6 cm³/mol. The summed E-state index contributed by atoms with van der Waals surface area (Å²) in [5, 5.41) is 1.27. The molecule has 1 aromatic carbocycles. The van der Waals surface area contributed by atoms with Gasteiger partial charge in [-0.05, 0) is 24.5 Å². The lowest BCUT2D eigenvalue weighted by atomic mass is 10.2. The van der Waals surface area contributed by atoms with E-state index in [0.717, 1.165) is 11.4 Å². The average Bonchev–Trinajstić information content (AvgIpc) is 2.46. The number of nitrogen functional groups attached to an aromatic ring is 1. The summed E-state index contributed by atoms with van der Waals surface area (Å²) >= 11 is 1.84. The lowest BCUT2D eigenvalue weighted by Crippen LogP contribution is -1.94. The van der Waals surface area contributed by atoms with E-state index >= 15 is 0 Å². The molecular weight excluding hydrogens is 192 g/mol. The molecule has 2 N–H and O–H groups in total. The Labute approximate surface area is 88.1 Å². The van der Waals surface area contributed by atoms with Crippen molar-refractivity contribution < 1.29 is 0 Å². The molecule has 1 aromatic heterocycles. The molecule has 0 fully saturated rings. The van der Waals surface area contributed by atoms with Gasteiger partial charge in [-0.15, -0.1) is 0 Å². The lowest BCUT2D eigenvalue weighted by molar-refractivity contribution is 0.910. The second-order valence-electron chi connectivity index (χ2n) is 3.45. The van der Waals surface area contributed by atoms with Gasteiger partial charge >= 0.3 is 0 Å². The molecule has 0 aliphatic carbocycles. The van der Waals surface area contributed by atoms with Crippen molar-refractivity contribution in [2.45, 2.75) is 5.75 Å². The molecule has 0 amide bonds. The molecule has 74 valence electrons. The molecule has 2 aromatic rings. The molecule has 2 rings (SSSR count). The first-order chi connectivity index (χ1) is 6.72. The number of anilines is 1. The number of fused-ring (bicyclic) bond motifs is 1. The monoisotopic (exact) mass is 206 g/mol. The van der Waals surface area contributed by atoms with Crippen LogP contribution in [0.15, 0.2) is 24.3 Å². The molecule has 2 nitrogen and oxygen atoms in total. The van der Waals surface area contributed by atoms with Crippen molar-refractivity contribution in [2.75, 3.05) is 12.0 Å². The van der Waals surface area contributed by atoms with Crippen LogP contribution in [-0.2, 0) is 12.8 Å². The van der Waals surface area contributed by atoms with Crippen LogP contribution >= 0.6 is 11.8 Å². The van der Waals surface area contributed by atoms with Crippen molar-refractivity contribution in [3.05, 3.63) is 30.0 Å². The molecule has 0 bridgehead atoms. The van der Waals surface area contributed by atoms with Crippen LogP contribution in [0.3, 0.4) is 0 Å². The number of hydrogen-bond acceptors (Lipinski definition) is 2. The van der Waals surface area contributed by atoms with Crippen molar-refractivity contribution in [1.82, 2.24) is 4.57 Å². The van der Waals surface area contributed by atoms with Gasteiger partial charge in [-0.1, -0.05) is 6.07 Å². The van der Waals surface area contributed by atoms with Crippen LogP contribution < -0.4 is 5.73 Å². The SMILES string of the molecule is CSCc1cc2ccc(N)cc2n1C. The first kappa shape index (κ1) is 9.46. The minimum absolute atomic E-state index is 0.828. The fourth-order valence-corrected chi connectivity index (χ4v) is 2.26.